The molecule has 0 saturated carbocycles. The van der Waals surface area contributed by atoms with Crippen molar-refractivity contribution in [3.63, 3.8) is 0 Å². The summed E-state index contributed by atoms with van der Waals surface area (Å²) in [5.74, 6) is -0.678. The SMILES string of the molecule is C/C=C/C1CC(=O)OC1=O.C=C1OC(=O)CC1/C=C\C. The van der Waals surface area contributed by atoms with Gasteiger partial charge in [-0.1, -0.05) is 30.9 Å². The molecule has 2 saturated heterocycles. The van der Waals surface area contributed by atoms with Crippen LogP contribution in [0.25, 0.3) is 0 Å². The number of allylic oxidation sites excluding steroid dienone is 3. The number of carbonyl (C=O) groups excluding carboxylic acids is 3. The van der Waals surface area contributed by atoms with Crippen molar-refractivity contribution in [1.82, 2.24) is 0 Å². The summed E-state index contributed by atoms with van der Waals surface area (Å²) in [6, 6.07) is 0. The number of ether oxygens (including phenoxy) is 2. The fourth-order valence-corrected chi connectivity index (χ4v) is 1.84. The quantitative estimate of drug-likeness (QED) is 0.440. The van der Waals surface area contributed by atoms with Crippen LogP contribution in [0.2, 0.25) is 0 Å². The minimum absolute atomic E-state index is 0.109. The molecule has 108 valence electrons. The minimum atomic E-state index is -0.428. The lowest BCUT2D eigenvalue weighted by molar-refractivity contribution is -0.152. The van der Waals surface area contributed by atoms with Crippen molar-refractivity contribution in [3.05, 3.63) is 36.6 Å². The lowest BCUT2D eigenvalue weighted by Crippen LogP contribution is -2.03. The second-order valence-corrected chi connectivity index (χ2v) is 4.41. The zero-order valence-corrected chi connectivity index (χ0v) is 11.6. The Bertz CT molecular complexity index is 429. The lowest BCUT2D eigenvalue weighted by atomic mass is 10.1. The summed E-state index contributed by atoms with van der Waals surface area (Å²) in [5, 5.41) is 0. The Balaban J connectivity index is 0.000000200. The van der Waals surface area contributed by atoms with Gasteiger partial charge in [0, 0.05) is 5.92 Å². The third-order valence-corrected chi connectivity index (χ3v) is 2.80. The molecule has 20 heavy (non-hydrogen) atoms. The smallest absolute Gasteiger partial charge is 0.321 e. The lowest BCUT2D eigenvalue weighted by Gasteiger charge is -1.97. The van der Waals surface area contributed by atoms with Gasteiger partial charge in [0.1, 0.15) is 5.76 Å². The van der Waals surface area contributed by atoms with Crippen LogP contribution in [0.3, 0.4) is 0 Å². The van der Waals surface area contributed by atoms with Gasteiger partial charge in [-0.25, -0.2) is 0 Å². The highest BCUT2D eigenvalue weighted by molar-refractivity contribution is 5.95. The minimum Gasteiger partial charge on any atom is -0.431 e. The van der Waals surface area contributed by atoms with E-state index in [0.717, 1.165) is 0 Å². The van der Waals surface area contributed by atoms with Crippen LogP contribution in [0, 0.1) is 11.8 Å². The van der Waals surface area contributed by atoms with Gasteiger partial charge in [0.25, 0.3) is 0 Å². The van der Waals surface area contributed by atoms with Crippen molar-refractivity contribution in [2.45, 2.75) is 26.7 Å². The molecule has 0 radical (unpaired) electrons. The number of hydrogen-bond acceptors (Lipinski definition) is 5. The van der Waals surface area contributed by atoms with E-state index in [9.17, 15) is 14.4 Å². The summed E-state index contributed by atoms with van der Waals surface area (Å²) in [6.07, 6.45) is 7.88. The average Bonchev–Trinajstić information content (AvgIpc) is 2.84. The molecular formula is C15H18O5. The van der Waals surface area contributed by atoms with Crippen LogP contribution < -0.4 is 0 Å². The second kappa shape index (κ2) is 7.43. The Morgan fingerprint density at radius 2 is 1.45 bits per heavy atom. The maximum Gasteiger partial charge on any atom is 0.321 e. The molecule has 0 bridgehead atoms. The van der Waals surface area contributed by atoms with Crippen molar-refractivity contribution in [2.75, 3.05) is 0 Å². The predicted octanol–water partition coefficient (Wildman–Crippen LogP) is 2.29. The molecule has 2 aliphatic heterocycles. The summed E-state index contributed by atoms with van der Waals surface area (Å²) in [4.78, 5) is 31.8. The van der Waals surface area contributed by atoms with Gasteiger partial charge >= 0.3 is 17.9 Å². The molecule has 2 atom stereocenters. The van der Waals surface area contributed by atoms with Gasteiger partial charge in [-0.2, -0.15) is 0 Å². The largest absolute Gasteiger partial charge is 0.431 e. The fourth-order valence-electron chi connectivity index (χ4n) is 1.84. The normalized spacial score (nSPS) is 25.9. The van der Waals surface area contributed by atoms with E-state index in [1.165, 1.54) is 0 Å². The molecule has 2 aliphatic rings. The van der Waals surface area contributed by atoms with Gasteiger partial charge in [0.15, 0.2) is 0 Å². The van der Waals surface area contributed by atoms with Crippen LogP contribution in [0.5, 0.6) is 0 Å². The van der Waals surface area contributed by atoms with Gasteiger partial charge in [0.05, 0.1) is 18.8 Å². The number of hydrogen-bond donors (Lipinski definition) is 0. The Hall–Kier alpha value is -2.17. The average molecular weight is 278 g/mol. The first-order chi connectivity index (χ1) is 9.47. The van der Waals surface area contributed by atoms with E-state index in [1.807, 2.05) is 19.1 Å². The van der Waals surface area contributed by atoms with E-state index in [0.29, 0.717) is 12.2 Å². The first-order valence-corrected chi connectivity index (χ1v) is 6.37. The van der Waals surface area contributed by atoms with Gasteiger partial charge in [0.2, 0.25) is 0 Å². The highest BCUT2D eigenvalue weighted by Gasteiger charge is 2.30. The second-order valence-electron chi connectivity index (χ2n) is 4.41. The van der Waals surface area contributed by atoms with E-state index in [-0.39, 0.29) is 24.2 Å². The molecule has 0 spiro atoms. The van der Waals surface area contributed by atoms with Crippen LogP contribution in [0.4, 0.5) is 0 Å². The molecular weight excluding hydrogens is 260 g/mol. The molecule has 0 aromatic heterocycles. The topological polar surface area (TPSA) is 69.7 Å². The summed E-state index contributed by atoms with van der Waals surface area (Å²) >= 11 is 0. The van der Waals surface area contributed by atoms with E-state index < -0.39 is 11.9 Å². The fraction of sp³-hybridized carbons (Fsp3) is 0.400. The van der Waals surface area contributed by atoms with Crippen LogP contribution in [-0.2, 0) is 23.9 Å². The Labute approximate surface area is 117 Å². The molecule has 5 nitrogen and oxygen atoms in total. The zero-order chi connectivity index (χ0) is 15.1. The highest BCUT2D eigenvalue weighted by atomic mass is 16.6. The molecule has 2 heterocycles. The number of rotatable bonds is 2. The summed E-state index contributed by atoms with van der Waals surface area (Å²) in [7, 11) is 0. The molecule has 2 rings (SSSR count). The monoisotopic (exact) mass is 278 g/mol. The van der Waals surface area contributed by atoms with Gasteiger partial charge in [-0.3, -0.25) is 14.4 Å². The Kier molecular flexibility index (Phi) is 5.90. The standard InChI is InChI=1S/C8H10O2.C7H8O3/c1-3-4-7-5-8(9)10-6(7)2;1-2-3-5-4-6(8)10-7(5)9/h3-4,7H,2,5H2,1H3;2-3,5H,4H2,1H3/b4-3-;3-2+. The van der Waals surface area contributed by atoms with Gasteiger partial charge in [-0.15, -0.1) is 0 Å². The molecule has 2 fully saturated rings. The Morgan fingerprint density at radius 3 is 1.85 bits per heavy atom. The molecule has 5 heteroatoms. The first-order valence-electron chi connectivity index (χ1n) is 6.37. The molecule has 0 N–H and O–H groups in total. The summed E-state index contributed by atoms with van der Waals surface area (Å²) in [5.41, 5.74) is 0. The molecule has 0 amide bonds. The van der Waals surface area contributed by atoms with E-state index in [1.54, 1.807) is 19.1 Å². The van der Waals surface area contributed by atoms with Crippen LogP contribution in [0.15, 0.2) is 36.6 Å². The highest BCUT2D eigenvalue weighted by Crippen LogP contribution is 2.24. The van der Waals surface area contributed by atoms with Crippen molar-refractivity contribution >= 4 is 17.9 Å². The maximum absolute atomic E-state index is 10.7. The van der Waals surface area contributed by atoms with E-state index in [2.05, 4.69) is 11.3 Å². The third-order valence-electron chi connectivity index (χ3n) is 2.80. The molecule has 0 aliphatic carbocycles. The van der Waals surface area contributed by atoms with Crippen molar-refractivity contribution in [1.29, 1.82) is 0 Å². The number of carbonyl (C=O) groups is 3. The van der Waals surface area contributed by atoms with Crippen LogP contribution in [-0.4, -0.2) is 17.9 Å². The van der Waals surface area contributed by atoms with Crippen molar-refractivity contribution < 1.29 is 23.9 Å². The molecule has 0 aromatic rings. The Morgan fingerprint density at radius 1 is 0.950 bits per heavy atom. The van der Waals surface area contributed by atoms with Gasteiger partial charge < -0.3 is 9.47 Å². The number of esters is 3. The van der Waals surface area contributed by atoms with Gasteiger partial charge in [-0.05, 0) is 13.8 Å². The van der Waals surface area contributed by atoms with Crippen molar-refractivity contribution in [3.8, 4) is 0 Å². The molecule has 0 aromatic carbocycles. The third kappa shape index (κ3) is 4.50. The number of cyclic esters (lactones) is 3. The maximum atomic E-state index is 10.7. The van der Waals surface area contributed by atoms with Crippen LogP contribution in [0.1, 0.15) is 26.7 Å². The van der Waals surface area contributed by atoms with Crippen LogP contribution >= 0.6 is 0 Å². The zero-order valence-electron chi connectivity index (χ0n) is 11.6. The predicted molar refractivity (Wildman–Crippen MR) is 72.2 cm³/mol. The van der Waals surface area contributed by atoms with Crippen molar-refractivity contribution in [2.24, 2.45) is 11.8 Å². The molecule has 2 unspecified atom stereocenters. The van der Waals surface area contributed by atoms with E-state index in [4.69, 9.17) is 4.74 Å². The summed E-state index contributed by atoms with van der Waals surface area (Å²) in [6.45, 7) is 7.32. The van der Waals surface area contributed by atoms with E-state index >= 15 is 0 Å². The first kappa shape index (κ1) is 15.9. The summed E-state index contributed by atoms with van der Waals surface area (Å²) < 4.78 is 9.04.